The van der Waals surface area contributed by atoms with Crippen LogP contribution in [0.15, 0.2) is 0 Å². The number of ether oxygens (including phenoxy) is 3. The van der Waals surface area contributed by atoms with Crippen LogP contribution in [0.4, 0.5) is 0 Å². The van der Waals surface area contributed by atoms with E-state index in [2.05, 4.69) is 0 Å². The van der Waals surface area contributed by atoms with E-state index in [1.165, 1.54) is 0 Å². The van der Waals surface area contributed by atoms with E-state index in [1.807, 2.05) is 41.5 Å². The fourth-order valence-electron chi connectivity index (χ4n) is 2.00. The molecular weight excluding hydrogens is 415 g/mol. The fourth-order valence-corrected chi connectivity index (χ4v) is 8.00. The third-order valence-corrected chi connectivity index (χ3v) is 10.5. The van der Waals surface area contributed by atoms with Gasteiger partial charge in [0.05, 0.1) is 0 Å². The first-order valence-corrected chi connectivity index (χ1v) is 11.9. The van der Waals surface area contributed by atoms with Gasteiger partial charge in [-0.15, -0.1) is 0 Å². The first-order valence-electron chi connectivity index (χ1n) is 7.47. The van der Waals surface area contributed by atoms with E-state index in [-0.39, 0.29) is 0 Å². The molecule has 132 valence electrons. The summed E-state index contributed by atoms with van der Waals surface area (Å²) in [6.45, 7) is 13.3. The van der Waals surface area contributed by atoms with Crippen molar-refractivity contribution in [3.8, 4) is 0 Å². The Kier molecular flexibility index (Phi) is 10.5. The average Bonchev–Trinajstić information content (AvgIpc) is 2.25. The van der Waals surface area contributed by atoms with Gasteiger partial charge in [-0.25, -0.2) is 0 Å². The summed E-state index contributed by atoms with van der Waals surface area (Å²) >= 11 is -3.39. The molecule has 0 fully saturated rings. The van der Waals surface area contributed by atoms with E-state index < -0.39 is 48.4 Å². The van der Waals surface area contributed by atoms with Gasteiger partial charge in [-0.05, 0) is 0 Å². The summed E-state index contributed by atoms with van der Waals surface area (Å²) in [7, 11) is 4.97. The summed E-state index contributed by atoms with van der Waals surface area (Å²) in [4.78, 5) is 0. The molecular formula is C15H33LaO6. The zero-order valence-corrected chi connectivity index (χ0v) is 19.3. The van der Waals surface area contributed by atoms with Crippen molar-refractivity contribution < 1.29 is 50.9 Å². The quantitative estimate of drug-likeness (QED) is 0.458. The third-order valence-electron chi connectivity index (χ3n) is 2.72. The molecule has 7 heteroatoms. The molecule has 0 unspecified atom stereocenters. The molecule has 0 rings (SSSR count). The standard InChI is InChI=1S/3C5H11O2.La/c3*1-5(2,6)4-7-3;/h3*4H2,1-3H3;/q3*-1;+3. The Bertz CT molecular complexity index is 259. The summed E-state index contributed by atoms with van der Waals surface area (Å²) in [5, 5.41) is 0. The molecule has 22 heavy (non-hydrogen) atoms. The predicted molar refractivity (Wildman–Crippen MR) is 81.1 cm³/mol. The van der Waals surface area contributed by atoms with Crippen LogP contribution in [0.25, 0.3) is 0 Å². The van der Waals surface area contributed by atoms with Crippen LogP contribution in [-0.4, -0.2) is 58.0 Å². The fraction of sp³-hybridized carbons (Fsp3) is 1.00. The summed E-state index contributed by atoms with van der Waals surface area (Å²) in [5.74, 6) is 0. The summed E-state index contributed by atoms with van der Waals surface area (Å²) in [6, 6.07) is 0. The molecule has 0 saturated heterocycles. The first-order chi connectivity index (χ1) is 9.97. The van der Waals surface area contributed by atoms with E-state index in [4.69, 9.17) is 19.3 Å². The van der Waals surface area contributed by atoms with E-state index in [1.54, 1.807) is 21.3 Å². The molecule has 0 amide bonds. The second-order valence-electron chi connectivity index (χ2n) is 7.22. The van der Waals surface area contributed by atoms with Gasteiger partial charge in [0, 0.05) is 0 Å². The van der Waals surface area contributed by atoms with Crippen molar-refractivity contribution in [3.05, 3.63) is 0 Å². The SMILES string of the molecule is COCC(C)(C)[O][La]([O]C(C)(C)COC)[O]C(C)(C)COC. The molecule has 0 heterocycles. The number of hydrogen-bond donors (Lipinski definition) is 0. The summed E-state index contributed by atoms with van der Waals surface area (Å²) in [6.07, 6.45) is 0. The summed E-state index contributed by atoms with van der Waals surface area (Å²) < 4.78 is 34.2. The molecule has 0 atom stereocenters. The Morgan fingerprint density at radius 2 is 0.773 bits per heavy atom. The van der Waals surface area contributed by atoms with Crippen LogP contribution >= 0.6 is 0 Å². The van der Waals surface area contributed by atoms with Crippen molar-refractivity contribution in [3.63, 3.8) is 0 Å². The maximum atomic E-state index is 6.18. The van der Waals surface area contributed by atoms with Gasteiger partial charge in [0.1, 0.15) is 0 Å². The van der Waals surface area contributed by atoms with Gasteiger partial charge in [0.15, 0.2) is 0 Å². The number of hydrogen-bond acceptors (Lipinski definition) is 6. The van der Waals surface area contributed by atoms with Crippen LogP contribution < -0.4 is 0 Å². The van der Waals surface area contributed by atoms with Crippen molar-refractivity contribution in [2.45, 2.75) is 58.3 Å². The van der Waals surface area contributed by atoms with Crippen LogP contribution in [0.2, 0.25) is 0 Å². The second-order valence-corrected chi connectivity index (χ2v) is 11.3. The average molecular weight is 448 g/mol. The first kappa shape index (κ1) is 23.0. The molecule has 0 aliphatic rings. The van der Waals surface area contributed by atoms with Gasteiger partial charge in [-0.2, -0.15) is 0 Å². The third kappa shape index (κ3) is 10.7. The molecule has 0 aliphatic heterocycles. The Balaban J connectivity index is 4.98. The van der Waals surface area contributed by atoms with Crippen molar-refractivity contribution in [2.24, 2.45) is 0 Å². The summed E-state index contributed by atoms with van der Waals surface area (Å²) in [5.41, 5.74) is -1.35. The molecule has 0 aliphatic carbocycles. The van der Waals surface area contributed by atoms with Crippen molar-refractivity contribution in [1.82, 2.24) is 0 Å². The van der Waals surface area contributed by atoms with E-state index in [9.17, 15) is 0 Å². The molecule has 0 N–H and O–H groups in total. The number of rotatable bonds is 12. The van der Waals surface area contributed by atoms with Gasteiger partial charge in [-0.3, -0.25) is 0 Å². The molecule has 0 spiro atoms. The van der Waals surface area contributed by atoms with Gasteiger partial charge >= 0.3 is 150 Å². The minimum atomic E-state index is -3.39. The molecule has 0 aromatic rings. The Hall–Kier alpha value is 0.955. The van der Waals surface area contributed by atoms with Gasteiger partial charge in [0.2, 0.25) is 0 Å². The molecule has 0 radical (unpaired) electrons. The van der Waals surface area contributed by atoms with Crippen LogP contribution in [0, 0.1) is 31.6 Å². The van der Waals surface area contributed by atoms with E-state index in [0.29, 0.717) is 19.8 Å². The molecule has 0 bridgehead atoms. The Labute approximate surface area is 149 Å². The van der Waals surface area contributed by atoms with E-state index >= 15 is 0 Å². The van der Waals surface area contributed by atoms with Gasteiger partial charge in [0.25, 0.3) is 0 Å². The van der Waals surface area contributed by atoms with Crippen LogP contribution in [0.3, 0.4) is 0 Å². The molecule has 0 aromatic heterocycles. The Morgan fingerprint density at radius 3 is 0.955 bits per heavy atom. The van der Waals surface area contributed by atoms with Crippen LogP contribution in [0.5, 0.6) is 0 Å². The molecule has 0 saturated carbocycles. The maximum absolute atomic E-state index is 6.18. The monoisotopic (exact) mass is 448 g/mol. The van der Waals surface area contributed by atoms with Crippen LogP contribution in [-0.2, 0) is 19.3 Å². The van der Waals surface area contributed by atoms with Gasteiger partial charge < -0.3 is 0 Å². The van der Waals surface area contributed by atoms with E-state index in [0.717, 1.165) is 0 Å². The zero-order valence-electron chi connectivity index (χ0n) is 15.6. The predicted octanol–water partition coefficient (Wildman–Crippen LogP) is 2.68. The normalized spacial score (nSPS) is 13.5. The minimum absolute atomic E-state index is 0.451. The second kappa shape index (κ2) is 10.1. The zero-order chi connectivity index (χ0) is 17.4. The van der Waals surface area contributed by atoms with Crippen molar-refractivity contribution in [2.75, 3.05) is 41.2 Å². The molecule has 6 nitrogen and oxygen atoms in total. The van der Waals surface area contributed by atoms with Crippen LogP contribution in [0.1, 0.15) is 41.5 Å². The molecule has 0 aromatic carbocycles. The van der Waals surface area contributed by atoms with Gasteiger partial charge in [-0.1, -0.05) is 0 Å². The topological polar surface area (TPSA) is 55.4 Å². The number of methoxy groups -OCH3 is 3. The van der Waals surface area contributed by atoms with Crippen molar-refractivity contribution >= 4 is 0 Å². The van der Waals surface area contributed by atoms with Crippen molar-refractivity contribution in [1.29, 1.82) is 0 Å². The Morgan fingerprint density at radius 1 is 0.545 bits per heavy atom.